The maximum absolute atomic E-state index is 11.6. The van der Waals surface area contributed by atoms with Crippen molar-refractivity contribution in [2.24, 2.45) is 0 Å². The smallest absolute Gasteiger partial charge is 0.251 e. The van der Waals surface area contributed by atoms with Crippen molar-refractivity contribution in [1.29, 1.82) is 0 Å². The van der Waals surface area contributed by atoms with E-state index in [0.717, 1.165) is 17.1 Å². The molecule has 1 fully saturated rings. The molecule has 20 heavy (non-hydrogen) atoms. The molecule has 1 aliphatic heterocycles. The molecule has 1 heterocycles. The van der Waals surface area contributed by atoms with Crippen molar-refractivity contribution in [2.45, 2.75) is 12.6 Å². The van der Waals surface area contributed by atoms with Crippen LogP contribution in [0.2, 0.25) is 0 Å². The number of hydrogen-bond acceptors (Lipinski definition) is 3. The minimum Gasteiger partial charge on any atom is -0.457 e. The van der Waals surface area contributed by atoms with Crippen LogP contribution in [0.4, 0.5) is 0 Å². The maximum atomic E-state index is 11.6. The van der Waals surface area contributed by atoms with Crippen LogP contribution in [0, 0.1) is 0 Å². The zero-order valence-electron chi connectivity index (χ0n) is 10.9. The first-order valence-electron chi connectivity index (χ1n) is 6.53. The van der Waals surface area contributed by atoms with Gasteiger partial charge in [0.05, 0.1) is 6.61 Å². The van der Waals surface area contributed by atoms with Crippen molar-refractivity contribution in [3.05, 3.63) is 60.2 Å². The fraction of sp³-hybridized carbons (Fsp3) is 0.188. The summed E-state index contributed by atoms with van der Waals surface area (Å²) in [6.07, 6.45) is -0.266. The van der Waals surface area contributed by atoms with Crippen LogP contribution in [0.25, 0.3) is 0 Å². The van der Waals surface area contributed by atoms with Crippen molar-refractivity contribution in [2.75, 3.05) is 6.61 Å². The van der Waals surface area contributed by atoms with Crippen molar-refractivity contribution >= 4 is 5.91 Å². The number of amides is 1. The van der Waals surface area contributed by atoms with Crippen molar-refractivity contribution in [3.8, 4) is 11.5 Å². The van der Waals surface area contributed by atoms with E-state index < -0.39 is 0 Å². The number of benzene rings is 2. The van der Waals surface area contributed by atoms with Crippen LogP contribution in [0.15, 0.2) is 54.6 Å². The Morgan fingerprint density at radius 1 is 1.15 bits per heavy atom. The predicted octanol–water partition coefficient (Wildman–Crippen LogP) is 2.49. The van der Waals surface area contributed by atoms with E-state index in [9.17, 15) is 4.79 Å². The third kappa shape index (κ3) is 3.16. The SMILES string of the molecule is O=C(NCc1ccccc1Oc1ccccc1)C1CO1. The van der Waals surface area contributed by atoms with Crippen LogP contribution in [0.3, 0.4) is 0 Å². The van der Waals surface area contributed by atoms with E-state index in [4.69, 9.17) is 9.47 Å². The molecule has 0 bridgehead atoms. The molecule has 1 N–H and O–H groups in total. The molecule has 0 spiro atoms. The summed E-state index contributed by atoms with van der Waals surface area (Å²) >= 11 is 0. The second kappa shape index (κ2) is 5.75. The number of epoxide rings is 1. The minimum absolute atomic E-state index is 0.0699. The van der Waals surface area contributed by atoms with E-state index >= 15 is 0 Å². The summed E-state index contributed by atoms with van der Waals surface area (Å²) in [6.45, 7) is 0.954. The molecule has 0 saturated carbocycles. The number of ether oxygens (including phenoxy) is 2. The second-order valence-corrected chi connectivity index (χ2v) is 4.56. The lowest BCUT2D eigenvalue weighted by Gasteiger charge is -2.11. The second-order valence-electron chi connectivity index (χ2n) is 4.56. The van der Waals surface area contributed by atoms with E-state index in [1.54, 1.807) is 0 Å². The summed E-state index contributed by atoms with van der Waals surface area (Å²) in [7, 11) is 0. The number of carbonyl (C=O) groups excluding carboxylic acids is 1. The fourth-order valence-corrected chi connectivity index (χ4v) is 1.86. The summed E-state index contributed by atoms with van der Waals surface area (Å²) in [5, 5.41) is 2.84. The van der Waals surface area contributed by atoms with Crippen LogP contribution in [-0.4, -0.2) is 18.6 Å². The first-order chi connectivity index (χ1) is 9.83. The molecule has 102 valence electrons. The zero-order valence-corrected chi connectivity index (χ0v) is 10.9. The Labute approximate surface area is 117 Å². The van der Waals surface area contributed by atoms with Gasteiger partial charge in [-0.1, -0.05) is 36.4 Å². The first kappa shape index (κ1) is 12.7. The topological polar surface area (TPSA) is 50.9 Å². The Hall–Kier alpha value is -2.33. The Kier molecular flexibility index (Phi) is 3.65. The standard InChI is InChI=1S/C16H15NO3/c18-16(15-11-19-15)17-10-12-6-4-5-9-14(12)20-13-7-2-1-3-8-13/h1-9,15H,10-11H2,(H,17,18). The normalized spacial score (nSPS) is 16.5. The molecule has 1 amide bonds. The summed E-state index contributed by atoms with van der Waals surface area (Å²) in [4.78, 5) is 11.6. The summed E-state index contributed by atoms with van der Waals surface area (Å²) in [6, 6.07) is 17.2. The van der Waals surface area contributed by atoms with E-state index in [2.05, 4.69) is 5.32 Å². The minimum atomic E-state index is -0.266. The van der Waals surface area contributed by atoms with Crippen LogP contribution in [-0.2, 0) is 16.1 Å². The highest BCUT2D eigenvalue weighted by Gasteiger charge is 2.30. The van der Waals surface area contributed by atoms with Gasteiger partial charge in [0.15, 0.2) is 6.10 Å². The number of rotatable bonds is 5. The number of carbonyl (C=O) groups is 1. The van der Waals surface area contributed by atoms with Gasteiger partial charge < -0.3 is 14.8 Å². The molecule has 1 aliphatic rings. The summed E-state index contributed by atoms with van der Waals surface area (Å²) < 4.78 is 10.8. The van der Waals surface area contributed by atoms with Gasteiger partial charge in [-0.05, 0) is 18.2 Å². The van der Waals surface area contributed by atoms with Gasteiger partial charge in [0.2, 0.25) is 0 Å². The Balaban J connectivity index is 1.69. The first-order valence-corrected chi connectivity index (χ1v) is 6.53. The third-order valence-corrected chi connectivity index (χ3v) is 3.02. The molecule has 1 atom stereocenters. The van der Waals surface area contributed by atoms with Gasteiger partial charge in [-0.25, -0.2) is 0 Å². The van der Waals surface area contributed by atoms with Gasteiger partial charge in [-0.2, -0.15) is 0 Å². The van der Waals surface area contributed by atoms with Crippen LogP contribution < -0.4 is 10.1 Å². The molecule has 2 aromatic carbocycles. The molecule has 3 rings (SSSR count). The highest BCUT2D eigenvalue weighted by Crippen LogP contribution is 2.25. The quantitative estimate of drug-likeness (QED) is 0.848. The number of hydrogen-bond donors (Lipinski definition) is 1. The summed E-state index contributed by atoms with van der Waals surface area (Å²) in [5.41, 5.74) is 0.936. The van der Waals surface area contributed by atoms with Crippen LogP contribution in [0.1, 0.15) is 5.56 Å². The largest absolute Gasteiger partial charge is 0.457 e. The lowest BCUT2D eigenvalue weighted by Crippen LogP contribution is -2.27. The molecular formula is C16H15NO3. The van der Waals surface area contributed by atoms with Crippen LogP contribution >= 0.6 is 0 Å². The van der Waals surface area contributed by atoms with Crippen molar-refractivity contribution in [3.63, 3.8) is 0 Å². The third-order valence-electron chi connectivity index (χ3n) is 3.02. The highest BCUT2D eigenvalue weighted by atomic mass is 16.6. The molecule has 1 saturated heterocycles. The van der Waals surface area contributed by atoms with Gasteiger partial charge in [0.1, 0.15) is 11.5 Å². The van der Waals surface area contributed by atoms with Gasteiger partial charge in [0, 0.05) is 12.1 Å². The molecule has 0 aromatic heterocycles. The van der Waals surface area contributed by atoms with E-state index in [0.29, 0.717) is 13.2 Å². The highest BCUT2D eigenvalue weighted by molar-refractivity contribution is 5.82. The molecule has 4 heteroatoms. The fourth-order valence-electron chi connectivity index (χ4n) is 1.86. The summed E-state index contributed by atoms with van der Waals surface area (Å²) in [5.74, 6) is 1.45. The van der Waals surface area contributed by atoms with Crippen LogP contribution in [0.5, 0.6) is 11.5 Å². The number of nitrogens with one attached hydrogen (secondary N) is 1. The molecule has 0 radical (unpaired) electrons. The van der Waals surface area contributed by atoms with Crippen molar-refractivity contribution in [1.82, 2.24) is 5.32 Å². The average molecular weight is 269 g/mol. The van der Waals surface area contributed by atoms with Gasteiger partial charge in [-0.3, -0.25) is 4.79 Å². The molecule has 2 aromatic rings. The lowest BCUT2D eigenvalue weighted by atomic mass is 10.2. The number of para-hydroxylation sites is 2. The Morgan fingerprint density at radius 3 is 2.60 bits per heavy atom. The molecule has 1 unspecified atom stereocenters. The molecule has 4 nitrogen and oxygen atoms in total. The monoisotopic (exact) mass is 269 g/mol. The maximum Gasteiger partial charge on any atom is 0.251 e. The Morgan fingerprint density at radius 2 is 1.85 bits per heavy atom. The molecular weight excluding hydrogens is 254 g/mol. The Bertz CT molecular complexity index is 594. The van der Waals surface area contributed by atoms with E-state index in [1.165, 1.54) is 0 Å². The average Bonchev–Trinajstić information content (AvgIpc) is 3.32. The predicted molar refractivity (Wildman–Crippen MR) is 74.5 cm³/mol. The lowest BCUT2D eigenvalue weighted by molar-refractivity contribution is -0.122. The van der Waals surface area contributed by atoms with E-state index in [-0.39, 0.29) is 12.0 Å². The van der Waals surface area contributed by atoms with Gasteiger partial charge in [-0.15, -0.1) is 0 Å². The zero-order chi connectivity index (χ0) is 13.8. The molecule has 0 aliphatic carbocycles. The van der Waals surface area contributed by atoms with Gasteiger partial charge >= 0.3 is 0 Å². The van der Waals surface area contributed by atoms with Gasteiger partial charge in [0.25, 0.3) is 5.91 Å². The van der Waals surface area contributed by atoms with E-state index in [1.807, 2.05) is 54.6 Å². The van der Waals surface area contributed by atoms with Crippen molar-refractivity contribution < 1.29 is 14.3 Å².